The largest absolute Gasteiger partial charge is 0.377 e. The molecule has 2 heterocycles. The molecule has 4 heteroatoms. The highest BCUT2D eigenvalue weighted by Crippen LogP contribution is 2.27. The molecule has 1 N–H and O–H groups in total. The number of nitrogens with one attached hydrogen (secondary N) is 1. The van der Waals surface area contributed by atoms with Gasteiger partial charge in [-0.25, -0.2) is 4.39 Å². The Morgan fingerprint density at radius 3 is 3.05 bits per heavy atom. The first-order valence-electron chi connectivity index (χ1n) is 8.42. The Balaban J connectivity index is 1.67. The van der Waals surface area contributed by atoms with Crippen molar-refractivity contribution < 1.29 is 9.13 Å². The Bertz CT molecular complexity index is 482. The van der Waals surface area contributed by atoms with Crippen LogP contribution in [-0.2, 0) is 11.3 Å². The molecular weight excluding hydrogens is 279 g/mol. The summed E-state index contributed by atoms with van der Waals surface area (Å²) < 4.78 is 19.3. The topological polar surface area (TPSA) is 24.5 Å². The van der Waals surface area contributed by atoms with E-state index in [4.69, 9.17) is 4.74 Å². The van der Waals surface area contributed by atoms with E-state index in [1.807, 2.05) is 6.07 Å². The molecule has 0 radical (unpaired) electrons. The van der Waals surface area contributed by atoms with Crippen LogP contribution in [0.15, 0.2) is 24.3 Å². The van der Waals surface area contributed by atoms with Crippen LogP contribution in [0.5, 0.6) is 0 Å². The van der Waals surface area contributed by atoms with E-state index in [1.54, 1.807) is 12.1 Å². The second-order valence-electron chi connectivity index (χ2n) is 7.17. The molecule has 0 bridgehead atoms. The third kappa shape index (κ3) is 4.28. The van der Waals surface area contributed by atoms with Crippen molar-refractivity contribution in [1.29, 1.82) is 0 Å². The average Bonchev–Trinajstić information content (AvgIpc) is 3.11. The first-order chi connectivity index (χ1) is 10.6. The molecule has 1 aromatic carbocycles. The van der Waals surface area contributed by atoms with Gasteiger partial charge in [0.1, 0.15) is 5.82 Å². The van der Waals surface area contributed by atoms with Crippen molar-refractivity contribution in [2.75, 3.05) is 32.8 Å². The fraction of sp³-hybridized carbons (Fsp3) is 0.667. The molecule has 2 unspecified atom stereocenters. The van der Waals surface area contributed by atoms with E-state index in [0.717, 1.165) is 57.7 Å². The Hall–Kier alpha value is -0.970. The van der Waals surface area contributed by atoms with Gasteiger partial charge in [0.05, 0.1) is 6.10 Å². The SMILES string of the molecule is CC1(CN(Cc2cccc(F)c2)CC2CCCO2)CCNC1. The van der Waals surface area contributed by atoms with Crippen molar-refractivity contribution in [3.05, 3.63) is 35.6 Å². The molecule has 0 saturated carbocycles. The predicted octanol–water partition coefficient (Wildman–Crippen LogP) is 2.81. The summed E-state index contributed by atoms with van der Waals surface area (Å²) in [6.07, 6.45) is 3.86. The first kappa shape index (κ1) is 15.9. The standard InChI is InChI=1S/C18H27FN2O/c1-18(7-8-20-13-18)14-21(12-17-6-3-9-22-17)11-15-4-2-5-16(19)10-15/h2,4-5,10,17,20H,3,6-9,11-14H2,1H3. The lowest BCUT2D eigenvalue weighted by molar-refractivity contribution is 0.0558. The summed E-state index contributed by atoms with van der Waals surface area (Å²) in [5.74, 6) is -0.150. The minimum absolute atomic E-state index is 0.150. The van der Waals surface area contributed by atoms with Crippen LogP contribution < -0.4 is 5.32 Å². The van der Waals surface area contributed by atoms with Crippen LogP contribution in [0.25, 0.3) is 0 Å². The van der Waals surface area contributed by atoms with Gasteiger partial charge in [-0.05, 0) is 48.9 Å². The minimum atomic E-state index is -0.150. The van der Waals surface area contributed by atoms with Crippen molar-refractivity contribution >= 4 is 0 Å². The van der Waals surface area contributed by atoms with Crippen LogP contribution in [0, 0.1) is 11.2 Å². The second kappa shape index (κ2) is 7.07. The van der Waals surface area contributed by atoms with E-state index in [-0.39, 0.29) is 5.82 Å². The highest BCUT2D eigenvalue weighted by Gasteiger charge is 2.32. The average molecular weight is 306 g/mol. The van der Waals surface area contributed by atoms with Gasteiger partial charge < -0.3 is 10.1 Å². The van der Waals surface area contributed by atoms with Crippen LogP contribution in [-0.4, -0.2) is 43.8 Å². The van der Waals surface area contributed by atoms with Gasteiger partial charge in [0.2, 0.25) is 0 Å². The first-order valence-corrected chi connectivity index (χ1v) is 8.42. The molecule has 0 aliphatic carbocycles. The highest BCUT2D eigenvalue weighted by atomic mass is 19.1. The summed E-state index contributed by atoms with van der Waals surface area (Å²) in [6.45, 7) is 8.19. The van der Waals surface area contributed by atoms with E-state index < -0.39 is 0 Å². The van der Waals surface area contributed by atoms with Crippen molar-refractivity contribution in [2.45, 2.75) is 38.8 Å². The molecule has 3 rings (SSSR count). The minimum Gasteiger partial charge on any atom is -0.377 e. The highest BCUT2D eigenvalue weighted by molar-refractivity contribution is 5.16. The van der Waals surface area contributed by atoms with Crippen LogP contribution >= 0.6 is 0 Å². The van der Waals surface area contributed by atoms with Gasteiger partial charge in [-0.15, -0.1) is 0 Å². The lowest BCUT2D eigenvalue weighted by atomic mass is 9.89. The zero-order valence-corrected chi connectivity index (χ0v) is 13.5. The Morgan fingerprint density at radius 1 is 1.45 bits per heavy atom. The monoisotopic (exact) mass is 306 g/mol. The zero-order chi connectivity index (χ0) is 15.4. The van der Waals surface area contributed by atoms with Gasteiger partial charge >= 0.3 is 0 Å². The number of ether oxygens (including phenoxy) is 1. The maximum absolute atomic E-state index is 13.4. The second-order valence-corrected chi connectivity index (χ2v) is 7.17. The van der Waals surface area contributed by atoms with Crippen LogP contribution in [0.4, 0.5) is 4.39 Å². The van der Waals surface area contributed by atoms with Crippen LogP contribution in [0.3, 0.4) is 0 Å². The van der Waals surface area contributed by atoms with E-state index in [1.165, 1.54) is 12.5 Å². The molecule has 3 nitrogen and oxygen atoms in total. The molecule has 122 valence electrons. The van der Waals surface area contributed by atoms with Gasteiger partial charge in [0.25, 0.3) is 0 Å². The maximum Gasteiger partial charge on any atom is 0.123 e. The predicted molar refractivity (Wildman–Crippen MR) is 86.2 cm³/mol. The van der Waals surface area contributed by atoms with Crippen molar-refractivity contribution in [1.82, 2.24) is 10.2 Å². The number of hydrogen-bond acceptors (Lipinski definition) is 3. The van der Waals surface area contributed by atoms with Gasteiger partial charge in [-0.1, -0.05) is 19.1 Å². The third-order valence-corrected chi connectivity index (χ3v) is 4.84. The summed E-state index contributed by atoms with van der Waals surface area (Å²) in [5.41, 5.74) is 1.36. The molecular formula is C18H27FN2O. The molecule has 22 heavy (non-hydrogen) atoms. The summed E-state index contributed by atoms with van der Waals surface area (Å²) in [5, 5.41) is 3.47. The quantitative estimate of drug-likeness (QED) is 0.874. The molecule has 0 amide bonds. The number of halogens is 1. The fourth-order valence-electron chi connectivity index (χ4n) is 3.70. The smallest absolute Gasteiger partial charge is 0.123 e. The summed E-state index contributed by atoms with van der Waals surface area (Å²) in [6, 6.07) is 6.97. The Kier molecular flexibility index (Phi) is 5.11. The van der Waals surface area contributed by atoms with Crippen molar-refractivity contribution in [3.63, 3.8) is 0 Å². The van der Waals surface area contributed by atoms with Crippen molar-refractivity contribution in [2.24, 2.45) is 5.41 Å². The molecule has 2 fully saturated rings. The van der Waals surface area contributed by atoms with Gasteiger partial charge in [-0.2, -0.15) is 0 Å². The van der Waals surface area contributed by atoms with Gasteiger partial charge in [0.15, 0.2) is 0 Å². The third-order valence-electron chi connectivity index (χ3n) is 4.84. The molecule has 1 aromatic rings. The molecule has 2 atom stereocenters. The van der Waals surface area contributed by atoms with E-state index in [9.17, 15) is 4.39 Å². The summed E-state index contributed by atoms with van der Waals surface area (Å²) in [4.78, 5) is 2.46. The lowest BCUT2D eigenvalue weighted by Gasteiger charge is -2.33. The van der Waals surface area contributed by atoms with E-state index in [2.05, 4.69) is 17.1 Å². The van der Waals surface area contributed by atoms with Crippen LogP contribution in [0.1, 0.15) is 31.7 Å². The Labute approximate surface area is 132 Å². The van der Waals surface area contributed by atoms with E-state index in [0.29, 0.717) is 11.5 Å². The molecule has 2 aliphatic heterocycles. The summed E-state index contributed by atoms with van der Waals surface area (Å²) >= 11 is 0. The van der Waals surface area contributed by atoms with E-state index >= 15 is 0 Å². The normalized spacial score (nSPS) is 28.6. The van der Waals surface area contributed by atoms with Gasteiger partial charge in [-0.3, -0.25) is 4.90 Å². The maximum atomic E-state index is 13.4. The van der Waals surface area contributed by atoms with Crippen LogP contribution in [0.2, 0.25) is 0 Å². The van der Waals surface area contributed by atoms with Crippen molar-refractivity contribution in [3.8, 4) is 0 Å². The molecule has 0 spiro atoms. The zero-order valence-electron chi connectivity index (χ0n) is 13.5. The number of rotatable bonds is 6. The lowest BCUT2D eigenvalue weighted by Crippen LogP contribution is -2.40. The van der Waals surface area contributed by atoms with Gasteiger partial charge in [0, 0.05) is 32.8 Å². The fourth-order valence-corrected chi connectivity index (χ4v) is 3.70. The Morgan fingerprint density at radius 2 is 2.36 bits per heavy atom. The number of nitrogens with zero attached hydrogens (tertiary/aromatic N) is 1. The number of hydrogen-bond donors (Lipinski definition) is 1. The summed E-state index contributed by atoms with van der Waals surface area (Å²) in [7, 11) is 0. The molecule has 0 aromatic heterocycles. The molecule has 2 aliphatic rings. The number of benzene rings is 1. The molecule has 2 saturated heterocycles.